The molecule has 0 aliphatic heterocycles. The maximum Gasteiger partial charge on any atom is 0.200 e. The van der Waals surface area contributed by atoms with Crippen LogP contribution in [0, 0.1) is 17.6 Å². The zero-order chi connectivity index (χ0) is 15.2. The summed E-state index contributed by atoms with van der Waals surface area (Å²) >= 11 is 0. The molecular formula is C18H24F2O. The van der Waals surface area contributed by atoms with Crippen LogP contribution in [0.15, 0.2) is 24.8 Å². The first-order valence-electron chi connectivity index (χ1n) is 7.88. The number of halogens is 2. The summed E-state index contributed by atoms with van der Waals surface area (Å²) in [5.74, 6) is -0.720. The molecule has 0 spiro atoms. The van der Waals surface area contributed by atoms with E-state index < -0.39 is 11.6 Å². The van der Waals surface area contributed by atoms with Crippen LogP contribution in [0.1, 0.15) is 56.9 Å². The van der Waals surface area contributed by atoms with Crippen molar-refractivity contribution < 1.29 is 13.5 Å². The van der Waals surface area contributed by atoms with Gasteiger partial charge in [-0.25, -0.2) is 4.39 Å². The van der Waals surface area contributed by atoms with Crippen molar-refractivity contribution in [2.24, 2.45) is 5.92 Å². The maximum atomic E-state index is 14.2. The molecule has 0 aromatic heterocycles. The molecule has 0 heterocycles. The highest BCUT2D eigenvalue weighted by Gasteiger charge is 2.26. The highest BCUT2D eigenvalue weighted by molar-refractivity contribution is 5.33. The Morgan fingerprint density at radius 2 is 1.90 bits per heavy atom. The molecule has 1 aliphatic rings. The normalized spacial score (nSPS) is 22.0. The van der Waals surface area contributed by atoms with Gasteiger partial charge in [0.1, 0.15) is 0 Å². The first kappa shape index (κ1) is 16.0. The molecule has 0 atom stereocenters. The summed E-state index contributed by atoms with van der Waals surface area (Å²) < 4.78 is 33.2. The van der Waals surface area contributed by atoms with Crippen molar-refractivity contribution in [3.63, 3.8) is 0 Å². The average molecular weight is 294 g/mol. The summed E-state index contributed by atoms with van der Waals surface area (Å²) in [5.41, 5.74) is 0.512. The van der Waals surface area contributed by atoms with Gasteiger partial charge in [-0.2, -0.15) is 4.39 Å². The molecule has 0 radical (unpaired) electrons. The molecule has 0 amide bonds. The smallest absolute Gasteiger partial charge is 0.200 e. The van der Waals surface area contributed by atoms with Crippen molar-refractivity contribution in [1.82, 2.24) is 0 Å². The lowest BCUT2D eigenvalue weighted by Crippen LogP contribution is -2.15. The van der Waals surface area contributed by atoms with Gasteiger partial charge in [0.2, 0.25) is 5.82 Å². The molecule has 1 saturated carbocycles. The second-order valence-electron chi connectivity index (χ2n) is 5.80. The highest BCUT2D eigenvalue weighted by Crippen LogP contribution is 2.39. The number of allylic oxidation sites excluding steroid dienone is 1. The van der Waals surface area contributed by atoms with E-state index in [1.54, 1.807) is 19.1 Å². The van der Waals surface area contributed by atoms with Gasteiger partial charge in [0.15, 0.2) is 11.6 Å². The number of hydrogen-bond donors (Lipinski definition) is 0. The molecule has 0 saturated heterocycles. The maximum absolute atomic E-state index is 14.2. The topological polar surface area (TPSA) is 9.23 Å². The number of rotatable bonds is 6. The predicted molar refractivity (Wildman–Crippen MR) is 81.7 cm³/mol. The molecule has 116 valence electrons. The fraction of sp³-hybridized carbons (Fsp3) is 0.556. The zero-order valence-corrected chi connectivity index (χ0v) is 12.7. The molecule has 1 aromatic rings. The Labute approximate surface area is 126 Å². The molecule has 21 heavy (non-hydrogen) atoms. The quantitative estimate of drug-likeness (QED) is 0.620. The SMILES string of the molecule is C=CCC[C@H]1CC[C@H](c2ccc(OCC)c(F)c2F)CC1. The van der Waals surface area contributed by atoms with Crippen LogP contribution in [-0.4, -0.2) is 6.61 Å². The van der Waals surface area contributed by atoms with Gasteiger partial charge in [-0.05, 0) is 68.9 Å². The molecule has 0 unspecified atom stereocenters. The summed E-state index contributed by atoms with van der Waals surface area (Å²) in [5, 5.41) is 0. The van der Waals surface area contributed by atoms with Crippen molar-refractivity contribution in [3.05, 3.63) is 42.0 Å². The summed E-state index contributed by atoms with van der Waals surface area (Å²) in [6, 6.07) is 3.25. The van der Waals surface area contributed by atoms with Gasteiger partial charge in [0, 0.05) is 0 Å². The minimum atomic E-state index is -0.844. The van der Waals surface area contributed by atoms with Crippen LogP contribution in [0.4, 0.5) is 8.78 Å². The van der Waals surface area contributed by atoms with Crippen LogP contribution in [0.3, 0.4) is 0 Å². The molecule has 2 rings (SSSR count). The third kappa shape index (κ3) is 3.84. The molecule has 1 aromatic carbocycles. The fourth-order valence-electron chi connectivity index (χ4n) is 3.24. The Kier molecular flexibility index (Phi) is 5.77. The van der Waals surface area contributed by atoms with Crippen LogP contribution in [0.5, 0.6) is 5.75 Å². The summed E-state index contributed by atoms with van der Waals surface area (Å²) in [4.78, 5) is 0. The van der Waals surface area contributed by atoms with E-state index in [4.69, 9.17) is 4.74 Å². The number of hydrogen-bond acceptors (Lipinski definition) is 1. The van der Waals surface area contributed by atoms with Crippen molar-refractivity contribution in [2.45, 2.75) is 51.4 Å². The van der Waals surface area contributed by atoms with Crippen molar-refractivity contribution in [3.8, 4) is 5.75 Å². The third-order valence-electron chi connectivity index (χ3n) is 4.44. The van der Waals surface area contributed by atoms with Crippen molar-refractivity contribution in [1.29, 1.82) is 0 Å². The Morgan fingerprint density at radius 3 is 2.52 bits per heavy atom. The first-order valence-corrected chi connectivity index (χ1v) is 7.88. The van der Waals surface area contributed by atoms with E-state index in [-0.39, 0.29) is 11.7 Å². The number of benzene rings is 1. The van der Waals surface area contributed by atoms with Gasteiger partial charge >= 0.3 is 0 Å². The van der Waals surface area contributed by atoms with Gasteiger partial charge in [0.05, 0.1) is 6.61 Å². The van der Waals surface area contributed by atoms with Crippen LogP contribution >= 0.6 is 0 Å². The minimum Gasteiger partial charge on any atom is -0.491 e. The van der Waals surface area contributed by atoms with Gasteiger partial charge in [-0.3, -0.25) is 0 Å². The fourth-order valence-corrected chi connectivity index (χ4v) is 3.24. The Balaban J connectivity index is 2.03. The number of ether oxygens (including phenoxy) is 1. The molecule has 1 aliphatic carbocycles. The monoisotopic (exact) mass is 294 g/mol. The lowest BCUT2D eigenvalue weighted by atomic mass is 9.77. The zero-order valence-electron chi connectivity index (χ0n) is 12.7. The van der Waals surface area contributed by atoms with E-state index in [0.29, 0.717) is 18.1 Å². The standard InChI is InChI=1S/C18H24F2O/c1-3-5-6-13-7-9-14(10-8-13)15-11-12-16(21-4-2)18(20)17(15)19/h3,11-14H,1,4-10H2,2H3/t13-,14-. The average Bonchev–Trinajstić information content (AvgIpc) is 2.51. The lowest BCUT2D eigenvalue weighted by Gasteiger charge is -2.29. The minimum absolute atomic E-state index is 0.0124. The Morgan fingerprint density at radius 1 is 1.19 bits per heavy atom. The van der Waals surface area contributed by atoms with E-state index in [1.807, 2.05) is 6.08 Å². The summed E-state index contributed by atoms with van der Waals surface area (Å²) in [6.45, 7) is 5.85. The van der Waals surface area contributed by atoms with Crippen LogP contribution in [0.25, 0.3) is 0 Å². The van der Waals surface area contributed by atoms with Crippen molar-refractivity contribution >= 4 is 0 Å². The van der Waals surface area contributed by atoms with E-state index in [0.717, 1.165) is 38.5 Å². The van der Waals surface area contributed by atoms with Gasteiger partial charge in [0.25, 0.3) is 0 Å². The highest BCUT2D eigenvalue weighted by atomic mass is 19.2. The largest absolute Gasteiger partial charge is 0.491 e. The second-order valence-corrected chi connectivity index (χ2v) is 5.80. The van der Waals surface area contributed by atoms with E-state index >= 15 is 0 Å². The first-order chi connectivity index (χ1) is 10.2. The van der Waals surface area contributed by atoms with Crippen LogP contribution in [0.2, 0.25) is 0 Å². The second kappa shape index (κ2) is 7.58. The van der Waals surface area contributed by atoms with Gasteiger partial charge in [-0.15, -0.1) is 6.58 Å². The van der Waals surface area contributed by atoms with E-state index in [2.05, 4.69) is 6.58 Å². The molecule has 0 N–H and O–H groups in total. The summed E-state index contributed by atoms with van der Waals surface area (Å²) in [6.07, 6.45) is 8.21. The van der Waals surface area contributed by atoms with Gasteiger partial charge in [-0.1, -0.05) is 12.1 Å². The Hall–Kier alpha value is -1.38. The van der Waals surface area contributed by atoms with Crippen LogP contribution < -0.4 is 4.74 Å². The van der Waals surface area contributed by atoms with E-state index in [9.17, 15) is 8.78 Å². The molecule has 1 fully saturated rings. The molecule has 0 bridgehead atoms. The van der Waals surface area contributed by atoms with Gasteiger partial charge < -0.3 is 4.74 Å². The Bertz CT molecular complexity index is 476. The predicted octanol–water partition coefficient (Wildman–Crippen LogP) is 5.60. The molecule has 1 nitrogen and oxygen atoms in total. The molecule has 3 heteroatoms. The summed E-state index contributed by atoms with van der Waals surface area (Å²) in [7, 11) is 0. The van der Waals surface area contributed by atoms with E-state index in [1.165, 1.54) is 0 Å². The third-order valence-corrected chi connectivity index (χ3v) is 4.44. The lowest BCUT2D eigenvalue weighted by molar-refractivity contribution is 0.297. The molecular weight excluding hydrogens is 270 g/mol. The van der Waals surface area contributed by atoms with Crippen molar-refractivity contribution in [2.75, 3.05) is 6.61 Å². The van der Waals surface area contributed by atoms with Crippen LogP contribution in [-0.2, 0) is 0 Å².